The monoisotopic (exact) mass is 233 g/mol. The van der Waals surface area contributed by atoms with Gasteiger partial charge in [-0.1, -0.05) is 0 Å². The van der Waals surface area contributed by atoms with Gasteiger partial charge in [0.2, 0.25) is 0 Å². The zero-order valence-corrected chi connectivity index (χ0v) is 8.01. The van der Waals surface area contributed by atoms with Crippen LogP contribution in [-0.2, 0) is 11.3 Å². The Morgan fingerprint density at radius 3 is 2.92 bits per heavy atom. The zero-order valence-electron chi connectivity index (χ0n) is 6.43. The summed E-state index contributed by atoms with van der Waals surface area (Å²) in [4.78, 5) is 13.7. The van der Waals surface area contributed by atoms with Crippen molar-refractivity contribution in [3.8, 4) is 0 Å². The first-order valence-electron chi connectivity index (χ1n) is 3.25. The number of H-pyrrole nitrogens is 1. The van der Waals surface area contributed by atoms with Gasteiger partial charge in [0.05, 0.1) is 18.2 Å². The number of methoxy groups -OCH3 is 1. The Kier molecular flexibility index (Phi) is 2.88. The average Bonchev–Trinajstić information content (AvgIpc) is 2.45. The highest BCUT2D eigenvalue weighted by Crippen LogP contribution is 2.18. The van der Waals surface area contributed by atoms with Crippen LogP contribution in [0.5, 0.6) is 0 Å². The highest BCUT2D eigenvalue weighted by molar-refractivity contribution is 9.10. The molecule has 66 valence electrons. The molecule has 0 saturated heterocycles. The van der Waals surface area contributed by atoms with Crippen LogP contribution in [0.1, 0.15) is 16.2 Å². The van der Waals surface area contributed by atoms with Gasteiger partial charge < -0.3 is 14.8 Å². The predicted molar refractivity (Wildman–Crippen MR) is 45.8 cm³/mol. The molecule has 0 aliphatic carbocycles. The fourth-order valence-electron chi connectivity index (χ4n) is 0.817. The number of esters is 1. The van der Waals surface area contributed by atoms with Crippen LogP contribution in [-0.4, -0.2) is 23.2 Å². The number of halogens is 1. The van der Waals surface area contributed by atoms with Crippen molar-refractivity contribution < 1.29 is 14.6 Å². The maximum absolute atomic E-state index is 11.0. The highest BCUT2D eigenvalue weighted by atomic mass is 79.9. The fourth-order valence-corrected chi connectivity index (χ4v) is 1.35. The van der Waals surface area contributed by atoms with Crippen LogP contribution in [0.4, 0.5) is 0 Å². The Morgan fingerprint density at radius 1 is 1.83 bits per heavy atom. The first-order chi connectivity index (χ1) is 5.69. The lowest BCUT2D eigenvalue weighted by Gasteiger charge is -1.94. The maximum Gasteiger partial charge on any atom is 0.355 e. The van der Waals surface area contributed by atoms with Crippen molar-refractivity contribution in [1.82, 2.24) is 4.98 Å². The fraction of sp³-hybridized carbons (Fsp3) is 0.286. The number of nitrogens with one attached hydrogen (secondary N) is 1. The predicted octanol–water partition coefficient (Wildman–Crippen LogP) is 1.06. The molecule has 0 spiro atoms. The lowest BCUT2D eigenvalue weighted by molar-refractivity contribution is 0.0593. The van der Waals surface area contributed by atoms with E-state index in [9.17, 15) is 4.79 Å². The molecule has 1 heterocycles. The Balaban J connectivity index is 2.99. The van der Waals surface area contributed by atoms with E-state index in [2.05, 4.69) is 25.7 Å². The van der Waals surface area contributed by atoms with Crippen molar-refractivity contribution >= 4 is 21.9 Å². The molecule has 2 N–H and O–H groups in total. The van der Waals surface area contributed by atoms with Gasteiger partial charge in [-0.15, -0.1) is 0 Å². The van der Waals surface area contributed by atoms with Crippen LogP contribution < -0.4 is 0 Å². The molecule has 0 amide bonds. The summed E-state index contributed by atoms with van der Waals surface area (Å²) >= 11 is 3.16. The van der Waals surface area contributed by atoms with Crippen molar-refractivity contribution in [2.45, 2.75) is 6.61 Å². The van der Waals surface area contributed by atoms with E-state index in [0.717, 1.165) is 0 Å². The van der Waals surface area contributed by atoms with Crippen LogP contribution in [0.3, 0.4) is 0 Å². The maximum atomic E-state index is 11.0. The molecule has 12 heavy (non-hydrogen) atoms. The SMILES string of the molecule is COC(=O)c1[nH]c(CO)cc1Br. The molecule has 0 aromatic carbocycles. The summed E-state index contributed by atoms with van der Waals surface area (Å²) in [6.07, 6.45) is 0. The highest BCUT2D eigenvalue weighted by Gasteiger charge is 2.13. The van der Waals surface area contributed by atoms with E-state index < -0.39 is 5.97 Å². The van der Waals surface area contributed by atoms with Gasteiger partial charge in [-0.25, -0.2) is 4.79 Å². The van der Waals surface area contributed by atoms with Crippen molar-refractivity contribution in [2.75, 3.05) is 7.11 Å². The van der Waals surface area contributed by atoms with Gasteiger partial charge >= 0.3 is 5.97 Å². The van der Waals surface area contributed by atoms with Crippen molar-refractivity contribution in [2.24, 2.45) is 0 Å². The van der Waals surface area contributed by atoms with Crippen molar-refractivity contribution in [3.05, 3.63) is 21.9 Å². The number of aliphatic hydroxyl groups is 1. The number of ether oxygens (including phenoxy) is 1. The zero-order chi connectivity index (χ0) is 9.14. The number of aliphatic hydroxyl groups excluding tert-OH is 1. The quantitative estimate of drug-likeness (QED) is 0.752. The Hall–Kier alpha value is -0.810. The van der Waals surface area contributed by atoms with E-state index in [0.29, 0.717) is 15.9 Å². The third-order valence-electron chi connectivity index (χ3n) is 1.39. The molecule has 0 aliphatic heterocycles. The number of hydrogen-bond acceptors (Lipinski definition) is 3. The smallest absolute Gasteiger partial charge is 0.355 e. The van der Waals surface area contributed by atoms with Gasteiger partial charge in [-0.3, -0.25) is 0 Å². The molecule has 1 rings (SSSR count). The minimum absolute atomic E-state index is 0.129. The number of aromatic amines is 1. The van der Waals surface area contributed by atoms with E-state index in [1.165, 1.54) is 7.11 Å². The summed E-state index contributed by atoms with van der Waals surface area (Å²) < 4.78 is 5.09. The van der Waals surface area contributed by atoms with Gasteiger partial charge in [0.25, 0.3) is 0 Å². The van der Waals surface area contributed by atoms with E-state index in [1.54, 1.807) is 6.07 Å². The van der Waals surface area contributed by atoms with Gasteiger partial charge in [-0.05, 0) is 22.0 Å². The van der Waals surface area contributed by atoms with Gasteiger partial charge in [-0.2, -0.15) is 0 Å². The molecule has 5 heteroatoms. The summed E-state index contributed by atoms with van der Waals surface area (Å²) in [5.41, 5.74) is 0.892. The summed E-state index contributed by atoms with van der Waals surface area (Å²) in [6, 6.07) is 1.63. The van der Waals surface area contributed by atoms with E-state index in [1.807, 2.05) is 0 Å². The Labute approximate surface area is 77.7 Å². The molecule has 0 saturated carbocycles. The summed E-state index contributed by atoms with van der Waals surface area (Å²) in [7, 11) is 1.30. The second-order valence-corrected chi connectivity index (χ2v) is 3.02. The molecule has 0 atom stereocenters. The molecule has 0 bridgehead atoms. The molecular formula is C7H8BrNO3. The van der Waals surface area contributed by atoms with Crippen molar-refractivity contribution in [3.63, 3.8) is 0 Å². The molecular weight excluding hydrogens is 226 g/mol. The first-order valence-corrected chi connectivity index (χ1v) is 4.05. The molecule has 1 aromatic rings. The minimum atomic E-state index is -0.457. The van der Waals surface area contributed by atoms with Crippen LogP contribution in [0.25, 0.3) is 0 Å². The Morgan fingerprint density at radius 2 is 2.50 bits per heavy atom. The van der Waals surface area contributed by atoms with Gasteiger partial charge in [0.1, 0.15) is 5.69 Å². The topological polar surface area (TPSA) is 62.3 Å². The van der Waals surface area contributed by atoms with Gasteiger partial charge in [0, 0.05) is 5.69 Å². The molecule has 0 aliphatic rings. The van der Waals surface area contributed by atoms with Crippen LogP contribution in [0, 0.1) is 0 Å². The van der Waals surface area contributed by atoms with Crippen LogP contribution in [0.15, 0.2) is 10.5 Å². The minimum Gasteiger partial charge on any atom is -0.464 e. The first kappa shape index (κ1) is 9.28. The summed E-state index contributed by atoms with van der Waals surface area (Å²) in [5.74, 6) is -0.457. The second kappa shape index (κ2) is 3.73. The molecule has 0 unspecified atom stereocenters. The van der Waals surface area contributed by atoms with Crippen LogP contribution in [0.2, 0.25) is 0 Å². The van der Waals surface area contributed by atoms with E-state index >= 15 is 0 Å². The summed E-state index contributed by atoms with van der Waals surface area (Å²) in [6.45, 7) is -0.129. The van der Waals surface area contributed by atoms with E-state index in [4.69, 9.17) is 5.11 Å². The number of carbonyl (C=O) groups is 1. The van der Waals surface area contributed by atoms with Gasteiger partial charge in [0.15, 0.2) is 0 Å². The molecule has 1 aromatic heterocycles. The third kappa shape index (κ3) is 1.67. The van der Waals surface area contributed by atoms with Crippen LogP contribution >= 0.6 is 15.9 Å². The van der Waals surface area contributed by atoms with E-state index in [-0.39, 0.29) is 6.61 Å². The molecule has 0 fully saturated rings. The normalized spacial score (nSPS) is 9.92. The number of carbonyl (C=O) groups excluding carboxylic acids is 1. The Bertz CT molecular complexity index is 295. The lowest BCUT2D eigenvalue weighted by Crippen LogP contribution is -2.02. The number of rotatable bonds is 2. The lowest BCUT2D eigenvalue weighted by atomic mass is 10.4. The number of hydrogen-bond donors (Lipinski definition) is 2. The summed E-state index contributed by atoms with van der Waals surface area (Å²) in [5, 5.41) is 8.73. The molecule has 0 radical (unpaired) electrons. The standard InChI is InChI=1S/C7H8BrNO3/c1-12-7(11)6-5(8)2-4(3-10)9-6/h2,9-10H,3H2,1H3. The van der Waals surface area contributed by atoms with Crippen molar-refractivity contribution in [1.29, 1.82) is 0 Å². The average molecular weight is 234 g/mol. The number of aromatic nitrogens is 1. The third-order valence-corrected chi connectivity index (χ3v) is 2.01. The second-order valence-electron chi connectivity index (χ2n) is 2.17. The largest absolute Gasteiger partial charge is 0.464 e. The molecule has 4 nitrogen and oxygen atoms in total.